The monoisotopic (exact) mass is 385 g/mol. The van der Waals surface area contributed by atoms with Crippen molar-refractivity contribution >= 4 is 39.7 Å². The van der Waals surface area contributed by atoms with Gasteiger partial charge in [0.15, 0.2) is 5.69 Å². The molecule has 7 nitrogen and oxygen atoms in total. The number of rotatable bonds is 6. The van der Waals surface area contributed by atoms with Crippen LogP contribution in [0.3, 0.4) is 0 Å². The van der Waals surface area contributed by atoms with Gasteiger partial charge in [-0.15, -0.1) is 11.3 Å². The van der Waals surface area contributed by atoms with Gasteiger partial charge in [-0.1, -0.05) is 31.5 Å². The third-order valence-electron chi connectivity index (χ3n) is 4.09. The molecule has 0 atom stereocenters. The van der Waals surface area contributed by atoms with Gasteiger partial charge in [0.25, 0.3) is 11.5 Å². The molecular formula is C19H19N3O4S. The first-order valence-electron chi connectivity index (χ1n) is 8.53. The highest BCUT2D eigenvalue weighted by Gasteiger charge is 2.20. The normalized spacial score (nSPS) is 10.7. The zero-order chi connectivity index (χ0) is 19.4. The largest absolute Gasteiger partial charge is 0.465 e. The van der Waals surface area contributed by atoms with E-state index < -0.39 is 11.9 Å². The molecule has 3 aromatic rings. The predicted octanol–water partition coefficient (Wildman–Crippen LogP) is 3.30. The van der Waals surface area contributed by atoms with Crippen LogP contribution in [0, 0.1) is 0 Å². The van der Waals surface area contributed by atoms with E-state index in [1.165, 1.54) is 23.1 Å². The van der Waals surface area contributed by atoms with E-state index in [0.29, 0.717) is 27.9 Å². The van der Waals surface area contributed by atoms with Crippen LogP contribution in [0.5, 0.6) is 0 Å². The second kappa shape index (κ2) is 8.13. The Morgan fingerprint density at radius 1 is 1.22 bits per heavy atom. The fourth-order valence-corrected chi connectivity index (χ4v) is 3.47. The number of amides is 1. The van der Waals surface area contributed by atoms with Gasteiger partial charge in [0.05, 0.1) is 18.2 Å². The van der Waals surface area contributed by atoms with Gasteiger partial charge in [-0.2, -0.15) is 5.10 Å². The Morgan fingerprint density at radius 2 is 1.96 bits per heavy atom. The minimum atomic E-state index is -0.522. The van der Waals surface area contributed by atoms with Crippen LogP contribution in [-0.2, 0) is 11.3 Å². The van der Waals surface area contributed by atoms with Crippen LogP contribution in [0.25, 0.3) is 10.8 Å². The summed E-state index contributed by atoms with van der Waals surface area (Å²) in [5, 5.41) is 9.60. The third-order valence-corrected chi connectivity index (χ3v) is 4.98. The Morgan fingerprint density at radius 3 is 2.67 bits per heavy atom. The molecule has 1 aromatic carbocycles. The lowest BCUT2D eigenvalue weighted by Crippen LogP contribution is -2.28. The van der Waals surface area contributed by atoms with Crippen LogP contribution in [0.2, 0.25) is 0 Å². The minimum absolute atomic E-state index is 0.142. The molecule has 2 aromatic heterocycles. The van der Waals surface area contributed by atoms with E-state index in [1.54, 1.807) is 35.7 Å². The Hall–Kier alpha value is -3.00. The van der Waals surface area contributed by atoms with E-state index >= 15 is 0 Å². The molecule has 1 N–H and O–H groups in total. The van der Waals surface area contributed by atoms with Crippen LogP contribution in [-0.4, -0.2) is 28.8 Å². The molecule has 27 heavy (non-hydrogen) atoms. The van der Waals surface area contributed by atoms with Crippen molar-refractivity contribution in [2.24, 2.45) is 0 Å². The second-order valence-corrected chi connectivity index (χ2v) is 6.80. The van der Waals surface area contributed by atoms with Gasteiger partial charge in [-0.25, -0.2) is 9.48 Å². The summed E-state index contributed by atoms with van der Waals surface area (Å²) < 4.78 is 6.06. The molecule has 2 heterocycles. The maximum absolute atomic E-state index is 12.9. The number of ether oxygens (including phenoxy) is 1. The molecule has 0 aliphatic heterocycles. The van der Waals surface area contributed by atoms with E-state index in [0.717, 1.165) is 12.8 Å². The Kier molecular flexibility index (Phi) is 5.66. The summed E-state index contributed by atoms with van der Waals surface area (Å²) in [4.78, 5) is 37.6. The van der Waals surface area contributed by atoms with Gasteiger partial charge in [0.1, 0.15) is 4.88 Å². The van der Waals surface area contributed by atoms with E-state index in [4.69, 9.17) is 4.74 Å². The third kappa shape index (κ3) is 3.75. The molecule has 0 saturated heterocycles. The number of aryl methyl sites for hydroxylation is 1. The fourth-order valence-electron chi connectivity index (χ4n) is 2.70. The number of nitrogens with zero attached hydrogens (tertiary/aromatic N) is 2. The molecule has 0 saturated carbocycles. The highest BCUT2D eigenvalue weighted by molar-refractivity contribution is 7.12. The van der Waals surface area contributed by atoms with Crippen molar-refractivity contribution in [3.05, 3.63) is 56.6 Å². The van der Waals surface area contributed by atoms with Crippen molar-refractivity contribution in [1.82, 2.24) is 9.78 Å². The summed E-state index contributed by atoms with van der Waals surface area (Å²) in [6.45, 7) is 2.46. The molecule has 140 valence electrons. The number of benzene rings is 1. The number of unbranched alkanes of at least 4 members (excludes halogenated alkanes) is 1. The fraction of sp³-hybridized carbons (Fsp3) is 0.263. The first-order chi connectivity index (χ1) is 13.1. The van der Waals surface area contributed by atoms with E-state index in [-0.39, 0.29) is 11.3 Å². The van der Waals surface area contributed by atoms with Crippen LogP contribution < -0.4 is 10.9 Å². The Balaban J connectivity index is 2.04. The van der Waals surface area contributed by atoms with Crippen molar-refractivity contribution in [2.75, 3.05) is 12.4 Å². The van der Waals surface area contributed by atoms with Gasteiger partial charge >= 0.3 is 5.97 Å². The molecule has 0 bridgehead atoms. The number of methoxy groups -OCH3 is 1. The summed E-state index contributed by atoms with van der Waals surface area (Å²) in [6, 6.07) is 8.51. The predicted molar refractivity (Wildman–Crippen MR) is 105 cm³/mol. The maximum Gasteiger partial charge on any atom is 0.350 e. The molecule has 8 heteroatoms. The van der Waals surface area contributed by atoms with Crippen LogP contribution in [0.15, 0.2) is 40.5 Å². The number of esters is 1. The van der Waals surface area contributed by atoms with E-state index in [1.807, 2.05) is 6.92 Å². The number of nitrogens with one attached hydrogen (secondary N) is 1. The van der Waals surface area contributed by atoms with Crippen molar-refractivity contribution < 1.29 is 14.3 Å². The molecule has 0 radical (unpaired) electrons. The van der Waals surface area contributed by atoms with Crippen molar-refractivity contribution in [3.8, 4) is 0 Å². The van der Waals surface area contributed by atoms with E-state index in [2.05, 4.69) is 10.4 Å². The number of aromatic nitrogens is 2. The van der Waals surface area contributed by atoms with Gasteiger partial charge in [-0.05, 0) is 23.9 Å². The zero-order valence-electron chi connectivity index (χ0n) is 15.0. The number of thiophene rings is 1. The molecule has 0 spiro atoms. The molecular weight excluding hydrogens is 366 g/mol. The number of fused-ring (bicyclic) bond motifs is 1. The van der Waals surface area contributed by atoms with Gasteiger partial charge in [-0.3, -0.25) is 9.59 Å². The van der Waals surface area contributed by atoms with Gasteiger partial charge in [0.2, 0.25) is 0 Å². The van der Waals surface area contributed by atoms with Crippen molar-refractivity contribution in [2.45, 2.75) is 26.3 Å². The summed E-state index contributed by atoms with van der Waals surface area (Å²) in [7, 11) is 1.28. The summed E-state index contributed by atoms with van der Waals surface area (Å²) >= 11 is 1.17. The summed E-state index contributed by atoms with van der Waals surface area (Å²) in [5.41, 5.74) is 0.277. The number of hydrogen-bond acceptors (Lipinski definition) is 6. The standard InChI is InChI=1S/C19H19N3O4S/c1-3-4-10-22-18(24)13-8-6-5-7-12(13)15(21-22)17(23)20-14-9-11-27-16(14)19(25)26-2/h5-9,11H,3-4,10H2,1-2H3,(H,20,23). The summed E-state index contributed by atoms with van der Waals surface area (Å²) in [5.74, 6) is -1.01. The molecule has 3 rings (SSSR count). The lowest BCUT2D eigenvalue weighted by atomic mass is 10.1. The first-order valence-corrected chi connectivity index (χ1v) is 9.41. The number of anilines is 1. The molecule has 0 aliphatic rings. The quantitative estimate of drug-likeness (QED) is 0.658. The Bertz CT molecular complexity index is 1050. The highest BCUT2D eigenvalue weighted by atomic mass is 32.1. The highest BCUT2D eigenvalue weighted by Crippen LogP contribution is 2.24. The zero-order valence-corrected chi connectivity index (χ0v) is 15.8. The molecule has 0 fully saturated rings. The number of carbonyl (C=O) groups is 2. The first kappa shape index (κ1) is 18.8. The number of carbonyl (C=O) groups excluding carboxylic acids is 2. The van der Waals surface area contributed by atoms with Crippen LogP contribution in [0.1, 0.15) is 39.9 Å². The SMILES string of the molecule is CCCCn1nc(C(=O)Nc2ccsc2C(=O)OC)c2ccccc2c1=O. The molecule has 0 unspecified atom stereocenters. The summed E-state index contributed by atoms with van der Waals surface area (Å²) in [6.07, 6.45) is 1.68. The van der Waals surface area contributed by atoms with Crippen molar-refractivity contribution in [1.29, 1.82) is 0 Å². The van der Waals surface area contributed by atoms with E-state index in [9.17, 15) is 14.4 Å². The average molecular weight is 385 g/mol. The van der Waals surface area contributed by atoms with Gasteiger partial charge < -0.3 is 10.1 Å². The lowest BCUT2D eigenvalue weighted by molar-refractivity contribution is 0.0607. The van der Waals surface area contributed by atoms with Crippen LogP contribution >= 0.6 is 11.3 Å². The number of hydrogen-bond donors (Lipinski definition) is 1. The molecule has 1 amide bonds. The van der Waals surface area contributed by atoms with Crippen LogP contribution in [0.4, 0.5) is 5.69 Å². The lowest BCUT2D eigenvalue weighted by Gasteiger charge is -2.11. The molecule has 0 aliphatic carbocycles. The topological polar surface area (TPSA) is 90.3 Å². The van der Waals surface area contributed by atoms with Gasteiger partial charge in [0, 0.05) is 11.9 Å². The average Bonchev–Trinajstić information content (AvgIpc) is 3.15. The Labute approximate surface area is 159 Å². The minimum Gasteiger partial charge on any atom is -0.465 e. The second-order valence-electron chi connectivity index (χ2n) is 5.89. The maximum atomic E-state index is 12.9. The van der Waals surface area contributed by atoms with Crippen molar-refractivity contribution in [3.63, 3.8) is 0 Å². The smallest absolute Gasteiger partial charge is 0.350 e.